The SMILES string of the molecule is Cc1cc(SCC(=O)NC2=NCCS2)c(C)cc1Br. The fraction of sp³-hybridized carbons (Fsp3) is 0.385. The van der Waals surface area contributed by atoms with Gasteiger partial charge >= 0.3 is 0 Å². The highest BCUT2D eigenvalue weighted by Gasteiger charge is 2.12. The van der Waals surface area contributed by atoms with E-state index in [-0.39, 0.29) is 5.91 Å². The predicted octanol–water partition coefficient (Wildman–Crippen LogP) is 3.38. The average Bonchev–Trinajstić information content (AvgIpc) is 2.85. The number of carbonyl (C=O) groups excluding carboxylic acids is 1. The molecule has 0 radical (unpaired) electrons. The molecular formula is C13H15BrN2OS2. The van der Waals surface area contributed by atoms with Gasteiger partial charge in [0.15, 0.2) is 5.17 Å². The average molecular weight is 359 g/mol. The topological polar surface area (TPSA) is 41.5 Å². The molecule has 0 spiro atoms. The number of hydrogen-bond acceptors (Lipinski definition) is 4. The van der Waals surface area contributed by atoms with Crippen molar-refractivity contribution in [3.63, 3.8) is 0 Å². The van der Waals surface area contributed by atoms with Crippen molar-refractivity contribution >= 4 is 50.5 Å². The van der Waals surface area contributed by atoms with Crippen LogP contribution >= 0.6 is 39.5 Å². The van der Waals surface area contributed by atoms with Crippen LogP contribution in [0.3, 0.4) is 0 Å². The molecule has 0 bridgehead atoms. The van der Waals surface area contributed by atoms with E-state index in [0.29, 0.717) is 5.75 Å². The van der Waals surface area contributed by atoms with E-state index >= 15 is 0 Å². The summed E-state index contributed by atoms with van der Waals surface area (Å²) in [6, 6.07) is 4.20. The van der Waals surface area contributed by atoms with Gasteiger partial charge in [0.2, 0.25) is 5.91 Å². The van der Waals surface area contributed by atoms with Gasteiger partial charge in [0, 0.05) is 15.1 Å². The first-order valence-corrected chi connectivity index (χ1v) is 8.69. The van der Waals surface area contributed by atoms with E-state index in [1.165, 1.54) is 11.1 Å². The van der Waals surface area contributed by atoms with Gasteiger partial charge in [-0.3, -0.25) is 9.79 Å². The zero-order chi connectivity index (χ0) is 13.8. The Labute approximate surface area is 130 Å². The van der Waals surface area contributed by atoms with Crippen molar-refractivity contribution < 1.29 is 4.79 Å². The lowest BCUT2D eigenvalue weighted by Crippen LogP contribution is -2.28. The van der Waals surface area contributed by atoms with Crippen LogP contribution in [0.25, 0.3) is 0 Å². The summed E-state index contributed by atoms with van der Waals surface area (Å²) in [6.07, 6.45) is 0. The van der Waals surface area contributed by atoms with E-state index in [1.54, 1.807) is 23.5 Å². The molecule has 1 aliphatic heterocycles. The molecule has 0 aliphatic carbocycles. The molecule has 1 N–H and O–H groups in total. The summed E-state index contributed by atoms with van der Waals surface area (Å²) >= 11 is 6.68. The van der Waals surface area contributed by atoms with E-state index in [1.807, 2.05) is 0 Å². The number of benzene rings is 1. The molecule has 1 aromatic carbocycles. The fourth-order valence-electron chi connectivity index (χ4n) is 1.62. The van der Waals surface area contributed by atoms with Crippen molar-refractivity contribution in [2.24, 2.45) is 4.99 Å². The van der Waals surface area contributed by atoms with E-state index < -0.39 is 0 Å². The van der Waals surface area contributed by atoms with Crippen molar-refractivity contribution in [3.8, 4) is 0 Å². The third kappa shape index (κ3) is 4.26. The first kappa shape index (κ1) is 14.9. The monoisotopic (exact) mass is 358 g/mol. The number of aliphatic imine (C=N–C) groups is 1. The van der Waals surface area contributed by atoms with Crippen molar-refractivity contribution in [2.75, 3.05) is 18.1 Å². The van der Waals surface area contributed by atoms with Crippen LogP contribution in [0.15, 0.2) is 26.5 Å². The highest BCUT2D eigenvalue weighted by atomic mass is 79.9. The highest BCUT2D eigenvalue weighted by Crippen LogP contribution is 2.28. The highest BCUT2D eigenvalue weighted by molar-refractivity contribution is 9.10. The number of aryl methyl sites for hydroxylation is 2. The predicted molar refractivity (Wildman–Crippen MR) is 87.2 cm³/mol. The lowest BCUT2D eigenvalue weighted by atomic mass is 10.2. The third-order valence-electron chi connectivity index (χ3n) is 2.65. The Hall–Kier alpha value is -0.460. The Morgan fingerprint density at radius 1 is 1.47 bits per heavy atom. The van der Waals surface area contributed by atoms with Crippen LogP contribution in [0.4, 0.5) is 0 Å². The van der Waals surface area contributed by atoms with Crippen molar-refractivity contribution in [1.29, 1.82) is 0 Å². The number of halogens is 1. The molecule has 6 heteroatoms. The zero-order valence-electron chi connectivity index (χ0n) is 10.8. The number of rotatable bonds is 3. The number of amidine groups is 1. The van der Waals surface area contributed by atoms with E-state index in [4.69, 9.17) is 0 Å². The largest absolute Gasteiger partial charge is 0.305 e. The van der Waals surface area contributed by atoms with Crippen LogP contribution in [0.2, 0.25) is 0 Å². The summed E-state index contributed by atoms with van der Waals surface area (Å²) in [5, 5.41) is 3.60. The van der Waals surface area contributed by atoms with Gasteiger partial charge in [0.25, 0.3) is 0 Å². The molecule has 19 heavy (non-hydrogen) atoms. The number of thioether (sulfide) groups is 2. The second kappa shape index (κ2) is 6.81. The Kier molecular flexibility index (Phi) is 5.36. The Bertz CT molecular complexity index is 532. The van der Waals surface area contributed by atoms with Crippen LogP contribution in [0.5, 0.6) is 0 Å². The van der Waals surface area contributed by atoms with E-state index in [0.717, 1.165) is 26.8 Å². The molecule has 0 unspecified atom stereocenters. The van der Waals surface area contributed by atoms with Gasteiger partial charge in [0.1, 0.15) is 0 Å². The maximum atomic E-state index is 11.8. The van der Waals surface area contributed by atoms with Crippen LogP contribution in [-0.4, -0.2) is 29.1 Å². The van der Waals surface area contributed by atoms with Crippen LogP contribution < -0.4 is 5.32 Å². The molecular weight excluding hydrogens is 344 g/mol. The summed E-state index contributed by atoms with van der Waals surface area (Å²) in [6.45, 7) is 4.91. The smallest absolute Gasteiger partial charge is 0.236 e. The number of amides is 1. The van der Waals surface area contributed by atoms with E-state index in [2.05, 4.69) is 52.2 Å². The number of hydrogen-bond donors (Lipinski definition) is 1. The zero-order valence-corrected chi connectivity index (χ0v) is 14.0. The molecule has 0 aromatic heterocycles. The van der Waals surface area contributed by atoms with E-state index in [9.17, 15) is 4.79 Å². The maximum absolute atomic E-state index is 11.8. The summed E-state index contributed by atoms with van der Waals surface area (Å²) in [4.78, 5) is 17.2. The second-order valence-electron chi connectivity index (χ2n) is 4.24. The van der Waals surface area contributed by atoms with Crippen molar-refractivity contribution in [3.05, 3.63) is 27.7 Å². The van der Waals surface area contributed by atoms with Crippen LogP contribution in [0.1, 0.15) is 11.1 Å². The lowest BCUT2D eigenvalue weighted by Gasteiger charge is -2.09. The third-order valence-corrected chi connectivity index (χ3v) is 5.55. The molecule has 1 heterocycles. The molecule has 0 atom stereocenters. The van der Waals surface area contributed by atoms with Gasteiger partial charge in [-0.05, 0) is 37.1 Å². The van der Waals surface area contributed by atoms with Crippen molar-refractivity contribution in [1.82, 2.24) is 5.32 Å². The number of nitrogens with zero attached hydrogens (tertiary/aromatic N) is 1. The minimum Gasteiger partial charge on any atom is -0.305 e. The molecule has 0 fully saturated rings. The van der Waals surface area contributed by atoms with Gasteiger partial charge in [-0.1, -0.05) is 27.7 Å². The summed E-state index contributed by atoms with van der Waals surface area (Å²) in [7, 11) is 0. The number of nitrogens with one attached hydrogen (secondary N) is 1. The minimum atomic E-state index is 0.0121. The van der Waals surface area contributed by atoms with Crippen molar-refractivity contribution in [2.45, 2.75) is 18.7 Å². The van der Waals surface area contributed by atoms with Gasteiger partial charge in [-0.2, -0.15) is 0 Å². The molecule has 1 amide bonds. The molecule has 0 saturated heterocycles. The quantitative estimate of drug-likeness (QED) is 0.842. The minimum absolute atomic E-state index is 0.0121. The molecule has 1 aromatic rings. The lowest BCUT2D eigenvalue weighted by molar-refractivity contribution is -0.117. The van der Waals surface area contributed by atoms with Crippen LogP contribution in [0, 0.1) is 13.8 Å². The summed E-state index contributed by atoms with van der Waals surface area (Å²) < 4.78 is 1.11. The normalized spacial score (nSPS) is 14.4. The van der Waals surface area contributed by atoms with Crippen LogP contribution in [-0.2, 0) is 4.79 Å². The Balaban J connectivity index is 1.91. The molecule has 102 valence electrons. The Morgan fingerprint density at radius 3 is 2.95 bits per heavy atom. The second-order valence-corrected chi connectivity index (χ2v) is 7.19. The maximum Gasteiger partial charge on any atom is 0.236 e. The summed E-state index contributed by atoms with van der Waals surface area (Å²) in [5.41, 5.74) is 2.37. The number of carbonyl (C=O) groups is 1. The molecule has 0 saturated carbocycles. The van der Waals surface area contributed by atoms with Gasteiger partial charge < -0.3 is 5.32 Å². The first-order valence-electron chi connectivity index (χ1n) is 5.93. The molecule has 2 rings (SSSR count). The van der Waals surface area contributed by atoms with Gasteiger partial charge in [-0.25, -0.2) is 0 Å². The van der Waals surface area contributed by atoms with Gasteiger partial charge in [-0.15, -0.1) is 11.8 Å². The summed E-state index contributed by atoms with van der Waals surface area (Å²) in [5.74, 6) is 1.40. The standard InChI is InChI=1S/C13H15BrN2OS2/c1-8-6-11(9(2)5-10(8)14)19-7-12(17)16-13-15-3-4-18-13/h5-6H,3-4,7H2,1-2H3,(H,15,16,17). The molecule has 3 nitrogen and oxygen atoms in total. The fourth-order valence-corrected chi connectivity index (χ4v) is 3.73. The Morgan fingerprint density at radius 2 is 2.26 bits per heavy atom. The van der Waals surface area contributed by atoms with Gasteiger partial charge in [0.05, 0.1) is 12.3 Å². The first-order chi connectivity index (χ1) is 9.06. The molecule has 1 aliphatic rings.